The molecule has 0 N–H and O–H groups in total. The van der Waals surface area contributed by atoms with Crippen LogP contribution in [0.15, 0.2) is 12.1 Å². The number of benzene rings is 1. The Morgan fingerprint density at radius 2 is 1.65 bits per heavy atom. The molecule has 94 valence electrons. The molecule has 0 spiro atoms. The van der Waals surface area contributed by atoms with Crippen LogP contribution in [-0.2, 0) is 12.8 Å². The molecule has 1 aromatic rings. The van der Waals surface area contributed by atoms with E-state index in [1.54, 1.807) is 14.2 Å². The fraction of sp³-hybridized carbons (Fsp3) is 0.571. The smallest absolute Gasteiger partial charge is 0.161 e. The Balaban J connectivity index is 2.32. The van der Waals surface area contributed by atoms with Crippen LogP contribution in [0.4, 0.5) is 0 Å². The Kier molecular flexibility index (Phi) is 3.57. The second kappa shape index (κ2) is 4.96. The molecule has 1 atom stereocenters. The van der Waals surface area contributed by atoms with Crippen LogP contribution in [0, 0.1) is 0 Å². The van der Waals surface area contributed by atoms with Gasteiger partial charge in [-0.15, -0.1) is 0 Å². The zero-order valence-corrected chi connectivity index (χ0v) is 11.1. The van der Waals surface area contributed by atoms with Crippen molar-refractivity contribution in [1.82, 2.24) is 4.90 Å². The molecule has 0 aromatic heterocycles. The number of hydrogen-bond acceptors (Lipinski definition) is 3. The molecule has 17 heavy (non-hydrogen) atoms. The van der Waals surface area contributed by atoms with Crippen molar-refractivity contribution in [2.75, 3.05) is 28.3 Å². The van der Waals surface area contributed by atoms with E-state index in [0.29, 0.717) is 6.04 Å². The van der Waals surface area contributed by atoms with E-state index in [4.69, 9.17) is 9.47 Å². The normalized spacial score (nSPS) is 19.0. The monoisotopic (exact) mass is 235 g/mol. The van der Waals surface area contributed by atoms with Crippen LogP contribution in [0.3, 0.4) is 0 Å². The van der Waals surface area contributed by atoms with Gasteiger partial charge in [0.05, 0.1) is 14.2 Å². The van der Waals surface area contributed by atoms with Crippen molar-refractivity contribution >= 4 is 0 Å². The summed E-state index contributed by atoms with van der Waals surface area (Å²) in [5, 5.41) is 0. The number of ether oxygens (including phenoxy) is 2. The molecule has 2 rings (SSSR count). The van der Waals surface area contributed by atoms with Crippen molar-refractivity contribution < 1.29 is 9.47 Å². The number of nitrogens with zero attached hydrogens (tertiary/aromatic N) is 1. The summed E-state index contributed by atoms with van der Waals surface area (Å²) in [5.41, 5.74) is 2.80. The minimum Gasteiger partial charge on any atom is -0.493 e. The summed E-state index contributed by atoms with van der Waals surface area (Å²) in [6.07, 6.45) is 3.44. The first-order chi connectivity index (χ1) is 8.15. The summed E-state index contributed by atoms with van der Waals surface area (Å²) in [4.78, 5) is 2.31. The molecule has 0 aliphatic heterocycles. The number of hydrogen-bond donors (Lipinski definition) is 0. The maximum Gasteiger partial charge on any atom is 0.161 e. The molecule has 0 radical (unpaired) electrons. The third kappa shape index (κ3) is 2.39. The molecular weight excluding hydrogens is 214 g/mol. The molecule has 0 saturated heterocycles. The van der Waals surface area contributed by atoms with E-state index in [9.17, 15) is 0 Å². The summed E-state index contributed by atoms with van der Waals surface area (Å²) in [5.74, 6) is 1.68. The fourth-order valence-corrected chi connectivity index (χ4v) is 2.50. The predicted molar refractivity (Wildman–Crippen MR) is 69.0 cm³/mol. The summed E-state index contributed by atoms with van der Waals surface area (Å²) < 4.78 is 10.7. The van der Waals surface area contributed by atoms with Gasteiger partial charge in [0.25, 0.3) is 0 Å². The number of methoxy groups -OCH3 is 2. The number of rotatable bonds is 3. The van der Waals surface area contributed by atoms with E-state index in [1.165, 1.54) is 17.5 Å². The average Bonchev–Trinajstić information content (AvgIpc) is 2.36. The number of aryl methyl sites for hydroxylation is 1. The molecule has 0 amide bonds. The molecule has 1 aromatic carbocycles. The fourth-order valence-electron chi connectivity index (χ4n) is 2.50. The van der Waals surface area contributed by atoms with Gasteiger partial charge < -0.3 is 14.4 Å². The van der Waals surface area contributed by atoms with Gasteiger partial charge >= 0.3 is 0 Å². The molecular formula is C14H21NO2. The average molecular weight is 235 g/mol. The van der Waals surface area contributed by atoms with Crippen LogP contribution < -0.4 is 9.47 Å². The summed E-state index contributed by atoms with van der Waals surface area (Å²) in [6, 6.07) is 4.89. The molecule has 0 heterocycles. The lowest BCUT2D eigenvalue weighted by molar-refractivity contribution is 0.267. The van der Waals surface area contributed by atoms with Gasteiger partial charge in [0.15, 0.2) is 11.5 Å². The van der Waals surface area contributed by atoms with E-state index in [-0.39, 0.29) is 0 Å². The first-order valence-electron chi connectivity index (χ1n) is 6.06. The number of fused-ring (bicyclic) bond motifs is 1. The van der Waals surface area contributed by atoms with Gasteiger partial charge in [-0.1, -0.05) is 0 Å². The van der Waals surface area contributed by atoms with Crippen LogP contribution in [0.2, 0.25) is 0 Å². The van der Waals surface area contributed by atoms with Crippen LogP contribution in [-0.4, -0.2) is 39.3 Å². The second-order valence-electron chi connectivity index (χ2n) is 4.84. The molecule has 3 heteroatoms. The highest BCUT2D eigenvalue weighted by molar-refractivity contribution is 5.48. The van der Waals surface area contributed by atoms with Gasteiger partial charge in [-0.3, -0.25) is 0 Å². The van der Waals surface area contributed by atoms with Gasteiger partial charge in [-0.05, 0) is 56.6 Å². The van der Waals surface area contributed by atoms with Crippen LogP contribution in [0.5, 0.6) is 11.5 Å². The first kappa shape index (κ1) is 12.2. The highest BCUT2D eigenvalue weighted by Gasteiger charge is 2.22. The van der Waals surface area contributed by atoms with Gasteiger partial charge in [0, 0.05) is 6.04 Å². The minimum absolute atomic E-state index is 0.639. The van der Waals surface area contributed by atoms with Gasteiger partial charge in [0.2, 0.25) is 0 Å². The Bertz CT molecular complexity index is 401. The van der Waals surface area contributed by atoms with Crippen molar-refractivity contribution in [2.24, 2.45) is 0 Å². The summed E-state index contributed by atoms with van der Waals surface area (Å²) >= 11 is 0. The molecule has 1 unspecified atom stereocenters. The number of likely N-dealkylation sites (N-methyl/N-ethyl adjacent to an activating group) is 1. The Hall–Kier alpha value is -1.22. The lowest BCUT2D eigenvalue weighted by Gasteiger charge is -2.30. The third-order valence-corrected chi connectivity index (χ3v) is 3.64. The van der Waals surface area contributed by atoms with Crippen LogP contribution in [0.25, 0.3) is 0 Å². The molecule has 1 aliphatic rings. The van der Waals surface area contributed by atoms with E-state index in [2.05, 4.69) is 31.1 Å². The van der Waals surface area contributed by atoms with Gasteiger partial charge in [0.1, 0.15) is 0 Å². The zero-order chi connectivity index (χ0) is 12.4. The minimum atomic E-state index is 0.639. The largest absolute Gasteiger partial charge is 0.493 e. The van der Waals surface area contributed by atoms with Crippen LogP contribution in [0.1, 0.15) is 17.5 Å². The highest BCUT2D eigenvalue weighted by Crippen LogP contribution is 2.34. The lowest BCUT2D eigenvalue weighted by atomic mass is 9.87. The SMILES string of the molecule is COc1cc2c(cc1OC)CC(N(C)C)CC2. The van der Waals surface area contributed by atoms with Crippen molar-refractivity contribution in [1.29, 1.82) is 0 Å². The predicted octanol–water partition coefficient (Wildman–Crippen LogP) is 2.12. The maximum atomic E-state index is 5.36. The topological polar surface area (TPSA) is 21.7 Å². The standard InChI is InChI=1S/C14H21NO2/c1-15(2)12-6-5-10-8-13(16-3)14(17-4)9-11(10)7-12/h8-9,12H,5-7H2,1-4H3. The molecule has 3 nitrogen and oxygen atoms in total. The first-order valence-corrected chi connectivity index (χ1v) is 6.06. The van der Waals surface area contributed by atoms with E-state index < -0.39 is 0 Å². The highest BCUT2D eigenvalue weighted by atomic mass is 16.5. The van der Waals surface area contributed by atoms with Crippen molar-refractivity contribution in [3.05, 3.63) is 23.3 Å². The Morgan fingerprint density at radius 1 is 1.06 bits per heavy atom. The van der Waals surface area contributed by atoms with Crippen molar-refractivity contribution in [3.63, 3.8) is 0 Å². The summed E-state index contributed by atoms with van der Waals surface area (Å²) in [7, 11) is 7.68. The Labute approximate surface area is 103 Å². The maximum absolute atomic E-state index is 5.36. The third-order valence-electron chi connectivity index (χ3n) is 3.64. The van der Waals surface area contributed by atoms with E-state index in [1.807, 2.05) is 0 Å². The molecule has 0 bridgehead atoms. The van der Waals surface area contributed by atoms with Crippen molar-refractivity contribution in [2.45, 2.75) is 25.3 Å². The van der Waals surface area contributed by atoms with Gasteiger partial charge in [-0.25, -0.2) is 0 Å². The molecule has 0 saturated carbocycles. The van der Waals surface area contributed by atoms with Gasteiger partial charge in [-0.2, -0.15) is 0 Å². The lowest BCUT2D eigenvalue weighted by Crippen LogP contribution is -2.33. The molecule has 0 fully saturated rings. The van der Waals surface area contributed by atoms with E-state index in [0.717, 1.165) is 24.3 Å². The van der Waals surface area contributed by atoms with Crippen LogP contribution >= 0.6 is 0 Å². The second-order valence-corrected chi connectivity index (χ2v) is 4.84. The zero-order valence-electron chi connectivity index (χ0n) is 11.1. The van der Waals surface area contributed by atoms with E-state index >= 15 is 0 Å². The quantitative estimate of drug-likeness (QED) is 0.801. The van der Waals surface area contributed by atoms with Crippen molar-refractivity contribution in [3.8, 4) is 11.5 Å². The summed E-state index contributed by atoms with van der Waals surface area (Å²) in [6.45, 7) is 0. The Morgan fingerprint density at radius 3 is 2.18 bits per heavy atom. The molecule has 1 aliphatic carbocycles.